The highest BCUT2D eigenvalue weighted by Gasteiger charge is 2.41. The van der Waals surface area contributed by atoms with Crippen LogP contribution in [0.4, 0.5) is 10.5 Å². The Kier molecular flexibility index (Phi) is 5.50. The van der Waals surface area contributed by atoms with E-state index in [1.54, 1.807) is 19.1 Å². The summed E-state index contributed by atoms with van der Waals surface area (Å²) in [5.74, 6) is 1.09. The second-order valence-corrected chi connectivity index (χ2v) is 8.94. The van der Waals surface area contributed by atoms with E-state index in [0.29, 0.717) is 23.8 Å². The Morgan fingerprint density at radius 3 is 2.41 bits per heavy atom. The van der Waals surface area contributed by atoms with Crippen LogP contribution in [0, 0.1) is 0 Å². The summed E-state index contributed by atoms with van der Waals surface area (Å²) in [7, 11) is -3.26. The standard InChI is InChI=1S/C18H24N4O4S/c1-3-15-20-16(22-26-15)18(11-5-6-12-18)21-17(23)19-13-7-9-14(10-8-13)27(24,25)4-2/h7-10H,3-6,11-12H2,1-2H3,(H2,19,21,23). The molecule has 1 saturated carbocycles. The molecule has 2 N–H and O–H groups in total. The van der Waals surface area contributed by atoms with Gasteiger partial charge in [0.15, 0.2) is 15.7 Å². The number of hydrogen-bond acceptors (Lipinski definition) is 6. The van der Waals surface area contributed by atoms with Crippen molar-refractivity contribution in [2.75, 3.05) is 11.1 Å². The zero-order valence-corrected chi connectivity index (χ0v) is 16.3. The average molecular weight is 392 g/mol. The molecule has 0 bridgehead atoms. The van der Waals surface area contributed by atoms with Crippen molar-refractivity contribution in [3.05, 3.63) is 36.0 Å². The predicted molar refractivity (Wildman–Crippen MR) is 100 cm³/mol. The van der Waals surface area contributed by atoms with Gasteiger partial charge in [0.05, 0.1) is 10.6 Å². The number of rotatable bonds is 6. The summed E-state index contributed by atoms with van der Waals surface area (Å²) in [5, 5.41) is 9.80. The van der Waals surface area contributed by atoms with Crippen LogP contribution >= 0.6 is 0 Å². The smallest absolute Gasteiger partial charge is 0.320 e. The minimum absolute atomic E-state index is 0.0350. The van der Waals surface area contributed by atoms with Gasteiger partial charge in [-0.1, -0.05) is 31.8 Å². The van der Waals surface area contributed by atoms with Gasteiger partial charge in [0.1, 0.15) is 5.54 Å². The molecule has 1 aliphatic carbocycles. The van der Waals surface area contributed by atoms with E-state index in [1.807, 2.05) is 6.92 Å². The van der Waals surface area contributed by atoms with Crippen LogP contribution in [0.2, 0.25) is 0 Å². The lowest BCUT2D eigenvalue weighted by Gasteiger charge is -2.26. The molecule has 9 heteroatoms. The second-order valence-electron chi connectivity index (χ2n) is 6.66. The number of hydrogen-bond donors (Lipinski definition) is 2. The van der Waals surface area contributed by atoms with Crippen molar-refractivity contribution in [3.8, 4) is 0 Å². The van der Waals surface area contributed by atoms with Crippen LogP contribution in [0.3, 0.4) is 0 Å². The highest BCUT2D eigenvalue weighted by molar-refractivity contribution is 7.91. The second kappa shape index (κ2) is 7.67. The number of amides is 2. The molecule has 2 aromatic rings. The van der Waals surface area contributed by atoms with Crippen molar-refractivity contribution in [2.24, 2.45) is 0 Å². The predicted octanol–water partition coefficient (Wildman–Crippen LogP) is 3.02. The first-order valence-electron chi connectivity index (χ1n) is 9.13. The number of benzene rings is 1. The summed E-state index contributed by atoms with van der Waals surface area (Å²) in [6.07, 6.45) is 4.08. The minimum Gasteiger partial charge on any atom is -0.339 e. The Hall–Kier alpha value is -2.42. The molecule has 1 fully saturated rings. The van der Waals surface area contributed by atoms with Crippen molar-refractivity contribution in [1.29, 1.82) is 0 Å². The van der Waals surface area contributed by atoms with Crippen LogP contribution in [0.5, 0.6) is 0 Å². The van der Waals surface area contributed by atoms with Crippen LogP contribution < -0.4 is 10.6 Å². The lowest BCUT2D eigenvalue weighted by Crippen LogP contribution is -2.46. The van der Waals surface area contributed by atoms with E-state index in [2.05, 4.69) is 20.8 Å². The van der Waals surface area contributed by atoms with E-state index < -0.39 is 15.4 Å². The summed E-state index contributed by atoms with van der Waals surface area (Å²) >= 11 is 0. The molecule has 3 rings (SSSR count). The Balaban J connectivity index is 1.72. The summed E-state index contributed by atoms with van der Waals surface area (Å²) in [6, 6.07) is 5.75. The van der Waals surface area contributed by atoms with Crippen molar-refractivity contribution in [3.63, 3.8) is 0 Å². The van der Waals surface area contributed by atoms with Crippen molar-refractivity contribution in [2.45, 2.75) is 56.4 Å². The molecule has 1 aromatic carbocycles. The molecule has 8 nitrogen and oxygen atoms in total. The normalized spacial score (nSPS) is 16.2. The molecule has 0 unspecified atom stereocenters. The highest BCUT2D eigenvalue weighted by Crippen LogP contribution is 2.37. The molecule has 2 amide bonds. The number of anilines is 1. The number of aromatic nitrogens is 2. The third kappa shape index (κ3) is 4.13. The van der Waals surface area contributed by atoms with E-state index in [-0.39, 0.29) is 16.7 Å². The average Bonchev–Trinajstić information content (AvgIpc) is 3.32. The van der Waals surface area contributed by atoms with Gasteiger partial charge in [-0.25, -0.2) is 13.2 Å². The maximum Gasteiger partial charge on any atom is 0.320 e. The third-order valence-electron chi connectivity index (χ3n) is 4.86. The molecule has 146 valence electrons. The minimum atomic E-state index is -3.26. The van der Waals surface area contributed by atoms with Gasteiger partial charge in [0.25, 0.3) is 0 Å². The summed E-state index contributed by atoms with van der Waals surface area (Å²) in [6.45, 7) is 3.53. The van der Waals surface area contributed by atoms with Crippen LogP contribution in [0.15, 0.2) is 33.7 Å². The van der Waals surface area contributed by atoms with Crippen molar-refractivity contribution >= 4 is 21.6 Å². The molecular formula is C18H24N4O4S. The fourth-order valence-corrected chi connectivity index (χ4v) is 4.15. The molecule has 0 saturated heterocycles. The van der Waals surface area contributed by atoms with Gasteiger partial charge in [-0.2, -0.15) is 4.98 Å². The molecule has 0 spiro atoms. The summed E-state index contributed by atoms with van der Waals surface area (Å²) in [5.41, 5.74) is -0.120. The van der Waals surface area contributed by atoms with Crippen LogP contribution in [-0.4, -0.2) is 30.3 Å². The van der Waals surface area contributed by atoms with Gasteiger partial charge in [0.2, 0.25) is 5.89 Å². The zero-order valence-electron chi connectivity index (χ0n) is 15.5. The third-order valence-corrected chi connectivity index (χ3v) is 6.61. The monoisotopic (exact) mass is 392 g/mol. The molecule has 27 heavy (non-hydrogen) atoms. The van der Waals surface area contributed by atoms with Gasteiger partial charge < -0.3 is 15.2 Å². The fraction of sp³-hybridized carbons (Fsp3) is 0.500. The maximum atomic E-state index is 12.5. The van der Waals surface area contributed by atoms with Gasteiger partial charge >= 0.3 is 6.03 Å². The summed E-state index contributed by atoms with van der Waals surface area (Å²) < 4.78 is 29.0. The van der Waals surface area contributed by atoms with Gasteiger partial charge in [0, 0.05) is 12.1 Å². The van der Waals surface area contributed by atoms with E-state index in [9.17, 15) is 13.2 Å². The number of aryl methyl sites for hydroxylation is 1. The van der Waals surface area contributed by atoms with E-state index >= 15 is 0 Å². The SMILES string of the molecule is CCc1nc(C2(NC(=O)Nc3ccc(S(=O)(=O)CC)cc3)CCCC2)no1. The molecule has 0 radical (unpaired) electrons. The largest absolute Gasteiger partial charge is 0.339 e. The quantitative estimate of drug-likeness (QED) is 0.781. The molecule has 1 aromatic heterocycles. The van der Waals surface area contributed by atoms with Crippen LogP contribution in [0.25, 0.3) is 0 Å². The molecule has 0 aliphatic heterocycles. The van der Waals surface area contributed by atoms with Crippen LogP contribution in [-0.2, 0) is 21.8 Å². The number of carbonyl (C=O) groups excluding carboxylic acids is 1. The molecule has 1 heterocycles. The summed E-state index contributed by atoms with van der Waals surface area (Å²) in [4.78, 5) is 17.2. The first-order valence-corrected chi connectivity index (χ1v) is 10.8. The molecular weight excluding hydrogens is 368 g/mol. The van der Waals surface area contributed by atoms with E-state index in [1.165, 1.54) is 12.1 Å². The van der Waals surface area contributed by atoms with Crippen molar-refractivity contribution in [1.82, 2.24) is 15.5 Å². The maximum absolute atomic E-state index is 12.5. The Labute approximate surface area is 158 Å². The van der Waals surface area contributed by atoms with Gasteiger partial charge in [-0.15, -0.1) is 0 Å². The van der Waals surface area contributed by atoms with Gasteiger partial charge in [-0.05, 0) is 37.1 Å². The number of urea groups is 1. The number of nitrogens with one attached hydrogen (secondary N) is 2. The van der Waals surface area contributed by atoms with E-state index in [4.69, 9.17) is 4.52 Å². The van der Waals surface area contributed by atoms with E-state index in [0.717, 1.165) is 25.7 Å². The topological polar surface area (TPSA) is 114 Å². The van der Waals surface area contributed by atoms with Gasteiger partial charge in [-0.3, -0.25) is 0 Å². The highest BCUT2D eigenvalue weighted by atomic mass is 32.2. The lowest BCUT2D eigenvalue weighted by atomic mass is 9.97. The Morgan fingerprint density at radius 2 is 1.85 bits per heavy atom. The Bertz CT molecular complexity index is 900. The molecule has 1 aliphatic rings. The number of sulfone groups is 1. The Morgan fingerprint density at radius 1 is 1.19 bits per heavy atom. The zero-order chi connectivity index (χ0) is 19.5. The lowest BCUT2D eigenvalue weighted by molar-refractivity contribution is 0.232. The first kappa shape index (κ1) is 19.3. The van der Waals surface area contributed by atoms with Crippen LogP contribution in [0.1, 0.15) is 51.2 Å². The fourth-order valence-electron chi connectivity index (χ4n) is 3.27. The number of nitrogens with zero attached hydrogens (tertiary/aromatic N) is 2. The number of carbonyl (C=O) groups is 1. The molecule has 0 atom stereocenters. The first-order chi connectivity index (χ1) is 12.9. The van der Waals surface area contributed by atoms with Crippen molar-refractivity contribution < 1.29 is 17.7 Å².